The van der Waals surface area contributed by atoms with Crippen LogP contribution in [0.25, 0.3) is 0 Å². The van der Waals surface area contributed by atoms with Gasteiger partial charge in [-0.3, -0.25) is 14.8 Å². The quantitative estimate of drug-likeness (QED) is 0.721. The minimum Gasteiger partial charge on any atom is -0.373 e. The molecule has 0 aliphatic rings. The van der Waals surface area contributed by atoms with Gasteiger partial charge in [-0.15, -0.1) is 0 Å². The van der Waals surface area contributed by atoms with Gasteiger partial charge in [0.2, 0.25) is 0 Å². The topological polar surface area (TPSA) is 58.1 Å². The normalized spacial score (nSPS) is 10.5. The van der Waals surface area contributed by atoms with E-state index >= 15 is 0 Å². The maximum Gasteiger partial charge on any atom is 0.257 e. The molecule has 0 radical (unpaired) electrons. The van der Waals surface area contributed by atoms with Crippen molar-refractivity contribution in [2.75, 3.05) is 23.8 Å². The zero-order valence-corrected chi connectivity index (χ0v) is 15.9. The Hall–Kier alpha value is -3.21. The Balaban J connectivity index is 1.70. The first kappa shape index (κ1) is 18.6. The first-order valence-electron chi connectivity index (χ1n) is 8.97. The number of amides is 1. The molecule has 2 aromatic heterocycles. The number of pyridine rings is 2. The van der Waals surface area contributed by atoms with Gasteiger partial charge in [-0.05, 0) is 55.2 Å². The fourth-order valence-electron chi connectivity index (χ4n) is 2.93. The molecule has 5 heteroatoms. The van der Waals surface area contributed by atoms with Gasteiger partial charge in [0.05, 0.1) is 17.4 Å². The van der Waals surface area contributed by atoms with Crippen LogP contribution in [-0.2, 0) is 6.42 Å². The number of benzene rings is 1. The SMILES string of the molecule is Cc1cccc(C)c1NC(=O)c1cncc(N(C)CCc2ccncc2)c1. The molecule has 0 atom stereocenters. The van der Waals surface area contributed by atoms with Crippen LogP contribution in [0.1, 0.15) is 27.0 Å². The van der Waals surface area contributed by atoms with Crippen LogP contribution in [0, 0.1) is 13.8 Å². The molecule has 1 N–H and O–H groups in total. The van der Waals surface area contributed by atoms with E-state index in [0.717, 1.165) is 35.5 Å². The van der Waals surface area contributed by atoms with Crippen molar-refractivity contribution in [1.29, 1.82) is 0 Å². The highest BCUT2D eigenvalue weighted by Crippen LogP contribution is 2.21. The second-order valence-electron chi connectivity index (χ2n) is 6.68. The molecule has 0 bridgehead atoms. The molecule has 27 heavy (non-hydrogen) atoms. The van der Waals surface area contributed by atoms with Crippen molar-refractivity contribution >= 4 is 17.3 Å². The number of nitrogens with zero attached hydrogens (tertiary/aromatic N) is 3. The molecule has 0 fully saturated rings. The van der Waals surface area contributed by atoms with E-state index < -0.39 is 0 Å². The third kappa shape index (κ3) is 4.70. The summed E-state index contributed by atoms with van der Waals surface area (Å²) in [4.78, 5) is 23.1. The Kier molecular flexibility index (Phi) is 5.81. The average molecular weight is 360 g/mol. The van der Waals surface area contributed by atoms with Crippen LogP contribution in [0.15, 0.2) is 61.2 Å². The number of likely N-dealkylation sites (N-methyl/N-ethyl adjacent to an activating group) is 1. The monoisotopic (exact) mass is 360 g/mol. The lowest BCUT2D eigenvalue weighted by atomic mass is 10.1. The summed E-state index contributed by atoms with van der Waals surface area (Å²) in [5.41, 5.74) is 5.64. The maximum atomic E-state index is 12.7. The van der Waals surface area contributed by atoms with Crippen LogP contribution in [0.3, 0.4) is 0 Å². The smallest absolute Gasteiger partial charge is 0.257 e. The zero-order valence-electron chi connectivity index (χ0n) is 15.9. The molecule has 0 aliphatic heterocycles. The molecule has 3 rings (SSSR count). The summed E-state index contributed by atoms with van der Waals surface area (Å²) in [7, 11) is 2.01. The van der Waals surface area contributed by atoms with Crippen LogP contribution >= 0.6 is 0 Å². The van der Waals surface area contributed by atoms with Crippen LogP contribution < -0.4 is 10.2 Å². The number of aryl methyl sites for hydroxylation is 2. The van der Waals surface area contributed by atoms with Crippen LogP contribution in [0.2, 0.25) is 0 Å². The molecule has 1 amide bonds. The number of carbonyl (C=O) groups excluding carboxylic acids is 1. The number of rotatable bonds is 6. The fourth-order valence-corrected chi connectivity index (χ4v) is 2.93. The third-order valence-corrected chi connectivity index (χ3v) is 4.63. The predicted molar refractivity (Wildman–Crippen MR) is 109 cm³/mol. The Bertz CT molecular complexity index is 904. The molecular formula is C22H24N4O. The number of carbonyl (C=O) groups is 1. The highest BCUT2D eigenvalue weighted by Gasteiger charge is 2.12. The van der Waals surface area contributed by atoms with E-state index in [9.17, 15) is 4.79 Å². The Morgan fingerprint density at radius 1 is 1.04 bits per heavy atom. The first-order valence-corrected chi connectivity index (χ1v) is 8.97. The van der Waals surface area contributed by atoms with Crippen molar-refractivity contribution in [1.82, 2.24) is 9.97 Å². The van der Waals surface area contributed by atoms with E-state index in [1.807, 2.05) is 57.3 Å². The molecule has 0 unspecified atom stereocenters. The lowest BCUT2D eigenvalue weighted by molar-refractivity contribution is 0.102. The summed E-state index contributed by atoms with van der Waals surface area (Å²) in [6, 6.07) is 11.9. The molecule has 138 valence electrons. The maximum absolute atomic E-state index is 12.7. The second-order valence-corrected chi connectivity index (χ2v) is 6.68. The van der Waals surface area contributed by atoms with Crippen molar-refractivity contribution in [2.45, 2.75) is 20.3 Å². The Morgan fingerprint density at radius 2 is 1.74 bits per heavy atom. The number of hydrogen-bond acceptors (Lipinski definition) is 4. The predicted octanol–water partition coefficient (Wildman–Crippen LogP) is 4.02. The first-order chi connectivity index (χ1) is 13.0. The number of para-hydroxylation sites is 1. The largest absolute Gasteiger partial charge is 0.373 e. The summed E-state index contributed by atoms with van der Waals surface area (Å²) in [5, 5.41) is 3.01. The molecule has 0 saturated carbocycles. The average Bonchev–Trinajstić information content (AvgIpc) is 2.70. The summed E-state index contributed by atoms with van der Waals surface area (Å²) >= 11 is 0. The number of nitrogens with one attached hydrogen (secondary N) is 1. The van der Waals surface area contributed by atoms with Gasteiger partial charge in [-0.25, -0.2) is 0 Å². The van der Waals surface area contributed by atoms with E-state index in [-0.39, 0.29) is 5.91 Å². The molecule has 0 saturated heterocycles. The Labute approximate surface area is 160 Å². The second kappa shape index (κ2) is 8.45. The summed E-state index contributed by atoms with van der Waals surface area (Å²) in [5.74, 6) is -0.149. The molecule has 5 nitrogen and oxygen atoms in total. The van der Waals surface area contributed by atoms with Crippen molar-refractivity contribution in [2.24, 2.45) is 0 Å². The van der Waals surface area contributed by atoms with E-state index in [0.29, 0.717) is 5.56 Å². The van der Waals surface area contributed by atoms with E-state index in [1.54, 1.807) is 24.8 Å². The summed E-state index contributed by atoms with van der Waals surface area (Å²) in [6.45, 7) is 4.81. The van der Waals surface area contributed by atoms with Gasteiger partial charge in [0.25, 0.3) is 5.91 Å². The van der Waals surface area contributed by atoms with Crippen LogP contribution in [-0.4, -0.2) is 29.5 Å². The van der Waals surface area contributed by atoms with Gasteiger partial charge < -0.3 is 10.2 Å². The molecule has 0 aliphatic carbocycles. The van der Waals surface area contributed by atoms with Gasteiger partial charge in [0.15, 0.2) is 0 Å². The number of hydrogen-bond donors (Lipinski definition) is 1. The number of aromatic nitrogens is 2. The minimum absolute atomic E-state index is 0.149. The van der Waals surface area contributed by atoms with E-state index in [1.165, 1.54) is 5.56 Å². The van der Waals surface area contributed by atoms with E-state index in [4.69, 9.17) is 0 Å². The lowest BCUT2D eigenvalue weighted by Gasteiger charge is -2.19. The molecule has 1 aromatic carbocycles. The van der Waals surface area contributed by atoms with Crippen molar-refractivity contribution < 1.29 is 4.79 Å². The molecule has 3 aromatic rings. The zero-order chi connectivity index (χ0) is 19.2. The van der Waals surface area contributed by atoms with Gasteiger partial charge >= 0.3 is 0 Å². The summed E-state index contributed by atoms with van der Waals surface area (Å²) in [6.07, 6.45) is 7.88. The van der Waals surface area contributed by atoms with Gasteiger partial charge in [-0.1, -0.05) is 18.2 Å². The molecular weight excluding hydrogens is 336 g/mol. The summed E-state index contributed by atoms with van der Waals surface area (Å²) < 4.78 is 0. The van der Waals surface area contributed by atoms with Gasteiger partial charge in [0, 0.05) is 37.9 Å². The fraction of sp³-hybridized carbons (Fsp3) is 0.227. The highest BCUT2D eigenvalue weighted by atomic mass is 16.1. The van der Waals surface area contributed by atoms with Gasteiger partial charge in [0.1, 0.15) is 0 Å². The molecule has 0 spiro atoms. The van der Waals surface area contributed by atoms with Crippen molar-refractivity contribution in [3.8, 4) is 0 Å². The standard InChI is InChI=1S/C22H24N4O/c1-16-5-4-6-17(2)21(16)25-22(27)19-13-20(15-24-14-19)26(3)12-9-18-7-10-23-11-8-18/h4-8,10-11,13-15H,9,12H2,1-3H3,(H,25,27). The minimum atomic E-state index is -0.149. The number of anilines is 2. The van der Waals surface area contributed by atoms with E-state index in [2.05, 4.69) is 20.2 Å². The molecule has 2 heterocycles. The highest BCUT2D eigenvalue weighted by molar-refractivity contribution is 6.05. The van der Waals surface area contributed by atoms with Crippen LogP contribution in [0.4, 0.5) is 11.4 Å². The van der Waals surface area contributed by atoms with Crippen molar-refractivity contribution in [3.63, 3.8) is 0 Å². The van der Waals surface area contributed by atoms with Crippen molar-refractivity contribution in [3.05, 3.63) is 83.4 Å². The Morgan fingerprint density at radius 3 is 2.44 bits per heavy atom. The van der Waals surface area contributed by atoms with Crippen LogP contribution in [0.5, 0.6) is 0 Å². The third-order valence-electron chi connectivity index (χ3n) is 4.63. The van der Waals surface area contributed by atoms with Gasteiger partial charge in [-0.2, -0.15) is 0 Å². The lowest BCUT2D eigenvalue weighted by Crippen LogP contribution is -2.21.